The van der Waals surface area contributed by atoms with Crippen LogP contribution in [0.15, 0.2) is 65.6 Å². The minimum absolute atomic E-state index is 0.00431. The molecule has 206 valence electrons. The number of amides is 2. The van der Waals surface area contributed by atoms with Crippen molar-refractivity contribution in [3.8, 4) is 11.5 Å². The molecule has 2 aliphatic rings. The average Bonchev–Trinajstić information content (AvgIpc) is 3.13. The maximum Gasteiger partial charge on any atom is 0.238 e. The van der Waals surface area contributed by atoms with E-state index in [1.807, 2.05) is 6.07 Å². The second-order valence-electron chi connectivity index (χ2n) is 11.4. The molecule has 40 heavy (non-hydrogen) atoms. The number of anilines is 1. The fourth-order valence-electron chi connectivity index (χ4n) is 5.72. The van der Waals surface area contributed by atoms with E-state index in [4.69, 9.17) is 23.2 Å². The zero-order chi connectivity index (χ0) is 29.0. The number of hydrogen-bond acceptors (Lipinski definition) is 4. The number of rotatable bonds is 3. The van der Waals surface area contributed by atoms with E-state index < -0.39 is 35.3 Å². The lowest BCUT2D eigenvalue weighted by atomic mass is 9.59. The Morgan fingerprint density at radius 2 is 1.70 bits per heavy atom. The molecule has 0 aliphatic carbocycles. The molecule has 2 amide bonds. The molecular formula is C30H28Cl2N2O4SSi. The van der Waals surface area contributed by atoms with Crippen LogP contribution in [0.2, 0.25) is 29.7 Å². The van der Waals surface area contributed by atoms with E-state index in [0.29, 0.717) is 38.0 Å². The van der Waals surface area contributed by atoms with Crippen LogP contribution in [-0.4, -0.2) is 34.6 Å². The van der Waals surface area contributed by atoms with Crippen LogP contribution in [0.5, 0.6) is 0 Å². The number of carbonyl (C=O) groups is 2. The van der Waals surface area contributed by atoms with Crippen LogP contribution in [0.3, 0.4) is 0 Å². The van der Waals surface area contributed by atoms with Gasteiger partial charge in [-0.1, -0.05) is 67.0 Å². The highest BCUT2D eigenvalue weighted by molar-refractivity contribution is 7.90. The molecule has 0 radical (unpaired) electrons. The van der Waals surface area contributed by atoms with E-state index in [-0.39, 0.29) is 23.1 Å². The van der Waals surface area contributed by atoms with E-state index in [9.17, 15) is 18.0 Å². The van der Waals surface area contributed by atoms with Gasteiger partial charge in [-0.3, -0.25) is 9.59 Å². The van der Waals surface area contributed by atoms with Crippen LogP contribution in [0, 0.1) is 11.5 Å². The highest BCUT2D eigenvalue weighted by atomic mass is 35.5. The standard InChI is InChI=1S/C30H28Cl2N2O4SSi/c1-39(37,38)26-11-8-18(12-13-40(2,3)4)14-22(26)28-30(23-10-9-21(32)16-25(23)33-29(30)36)24(17-27(35)34-28)19-6-5-7-20(31)15-19/h5-11,14-16,24,28H,17H2,1-4H3,(H,33,36)(H,34,35)/t24-,28-,30-/m0/s1. The summed E-state index contributed by atoms with van der Waals surface area (Å²) >= 11 is 12.7. The van der Waals surface area contributed by atoms with E-state index in [2.05, 4.69) is 41.7 Å². The lowest BCUT2D eigenvalue weighted by Gasteiger charge is -2.46. The molecule has 0 saturated carbocycles. The van der Waals surface area contributed by atoms with Crippen molar-refractivity contribution in [3.05, 3.63) is 93.0 Å². The summed E-state index contributed by atoms with van der Waals surface area (Å²) in [6, 6.07) is 16.1. The molecule has 2 aliphatic heterocycles. The van der Waals surface area contributed by atoms with Crippen LogP contribution < -0.4 is 10.6 Å². The van der Waals surface area contributed by atoms with Gasteiger partial charge in [0.2, 0.25) is 11.8 Å². The minimum atomic E-state index is -3.76. The van der Waals surface area contributed by atoms with E-state index in [1.165, 1.54) is 6.07 Å². The van der Waals surface area contributed by atoms with E-state index >= 15 is 0 Å². The fourth-order valence-corrected chi connectivity index (χ4v) is 7.53. The number of carbonyl (C=O) groups excluding carboxylic acids is 2. The van der Waals surface area contributed by atoms with Crippen molar-refractivity contribution in [1.29, 1.82) is 0 Å². The lowest BCUT2D eigenvalue weighted by Crippen LogP contribution is -2.57. The number of sulfone groups is 1. The maximum absolute atomic E-state index is 14.3. The van der Waals surface area contributed by atoms with Crippen LogP contribution in [0.25, 0.3) is 0 Å². The quantitative estimate of drug-likeness (QED) is 0.287. The minimum Gasteiger partial charge on any atom is -0.348 e. The van der Waals surface area contributed by atoms with Gasteiger partial charge in [-0.05, 0) is 59.2 Å². The average molecular weight is 612 g/mol. The molecule has 2 N–H and O–H groups in total. The third-order valence-corrected chi connectivity index (χ3v) is 9.82. The van der Waals surface area contributed by atoms with Crippen LogP contribution in [0.1, 0.15) is 40.6 Å². The molecule has 1 saturated heterocycles. The summed E-state index contributed by atoms with van der Waals surface area (Å²) < 4.78 is 26.2. The Hall–Kier alpha value is -3.09. The topological polar surface area (TPSA) is 92.3 Å². The summed E-state index contributed by atoms with van der Waals surface area (Å²) in [4.78, 5) is 27.7. The van der Waals surface area contributed by atoms with Crippen LogP contribution in [0.4, 0.5) is 5.69 Å². The Balaban J connectivity index is 1.85. The predicted molar refractivity (Wildman–Crippen MR) is 161 cm³/mol. The molecule has 1 fully saturated rings. The van der Waals surface area contributed by atoms with Gasteiger partial charge >= 0.3 is 0 Å². The molecule has 0 bridgehead atoms. The number of nitrogens with one attached hydrogen (secondary N) is 2. The number of fused-ring (bicyclic) bond motifs is 2. The molecule has 1 spiro atoms. The molecule has 3 atom stereocenters. The summed E-state index contributed by atoms with van der Waals surface area (Å²) in [6.07, 6.45) is 1.11. The van der Waals surface area contributed by atoms with Crippen molar-refractivity contribution in [2.45, 2.75) is 48.3 Å². The van der Waals surface area contributed by atoms with Crippen molar-refractivity contribution in [1.82, 2.24) is 5.32 Å². The van der Waals surface area contributed by atoms with Gasteiger partial charge in [0.05, 0.1) is 10.9 Å². The monoisotopic (exact) mass is 610 g/mol. The first-order valence-corrected chi connectivity index (χ1v) is 18.9. The summed E-state index contributed by atoms with van der Waals surface area (Å²) in [5, 5.41) is 6.87. The normalized spacial score (nSPS) is 22.2. The first-order chi connectivity index (χ1) is 18.7. The van der Waals surface area contributed by atoms with Crippen molar-refractivity contribution >= 4 is 58.6 Å². The largest absolute Gasteiger partial charge is 0.348 e. The smallest absolute Gasteiger partial charge is 0.238 e. The molecule has 10 heteroatoms. The van der Waals surface area contributed by atoms with Crippen molar-refractivity contribution in [2.24, 2.45) is 0 Å². The second-order valence-corrected chi connectivity index (χ2v) is 19.0. The summed E-state index contributed by atoms with van der Waals surface area (Å²) in [5.74, 6) is 1.86. The molecule has 0 aromatic heterocycles. The highest BCUT2D eigenvalue weighted by Gasteiger charge is 2.61. The Labute approximate surface area is 245 Å². The first kappa shape index (κ1) is 28.4. The Morgan fingerprint density at radius 1 is 0.975 bits per heavy atom. The van der Waals surface area contributed by atoms with Gasteiger partial charge in [0.1, 0.15) is 13.5 Å². The second kappa shape index (κ2) is 10.1. The van der Waals surface area contributed by atoms with Gasteiger partial charge < -0.3 is 10.6 Å². The van der Waals surface area contributed by atoms with Gasteiger partial charge in [-0.15, -0.1) is 5.54 Å². The van der Waals surface area contributed by atoms with Crippen molar-refractivity contribution in [2.75, 3.05) is 11.6 Å². The molecule has 3 aromatic carbocycles. The Kier molecular flexibility index (Phi) is 7.16. The third-order valence-electron chi connectivity index (χ3n) is 7.30. The Morgan fingerprint density at radius 3 is 2.38 bits per heavy atom. The Bertz CT molecular complexity index is 1740. The van der Waals surface area contributed by atoms with Gasteiger partial charge in [0.25, 0.3) is 0 Å². The summed E-state index contributed by atoms with van der Waals surface area (Å²) in [6.45, 7) is 6.34. The van der Waals surface area contributed by atoms with Gasteiger partial charge in [0.15, 0.2) is 9.84 Å². The van der Waals surface area contributed by atoms with Gasteiger partial charge in [0, 0.05) is 39.9 Å². The van der Waals surface area contributed by atoms with E-state index in [1.54, 1.807) is 48.5 Å². The molecular weight excluding hydrogens is 583 g/mol. The van der Waals surface area contributed by atoms with Crippen LogP contribution in [-0.2, 0) is 24.8 Å². The van der Waals surface area contributed by atoms with Gasteiger partial charge in [-0.2, -0.15) is 0 Å². The summed E-state index contributed by atoms with van der Waals surface area (Å²) in [7, 11) is -5.51. The van der Waals surface area contributed by atoms with Gasteiger partial charge in [-0.25, -0.2) is 8.42 Å². The molecule has 3 aromatic rings. The zero-order valence-electron chi connectivity index (χ0n) is 22.4. The van der Waals surface area contributed by atoms with Crippen molar-refractivity contribution < 1.29 is 18.0 Å². The van der Waals surface area contributed by atoms with Crippen molar-refractivity contribution in [3.63, 3.8) is 0 Å². The number of piperidine rings is 1. The zero-order valence-corrected chi connectivity index (χ0v) is 25.8. The van der Waals surface area contributed by atoms with Crippen LogP contribution >= 0.6 is 23.2 Å². The molecule has 0 unspecified atom stereocenters. The molecule has 2 heterocycles. The number of benzene rings is 3. The third kappa shape index (κ3) is 5.08. The highest BCUT2D eigenvalue weighted by Crippen LogP contribution is 2.58. The van der Waals surface area contributed by atoms with E-state index in [0.717, 1.165) is 6.26 Å². The molecule has 6 nitrogen and oxygen atoms in total. The summed E-state index contributed by atoms with van der Waals surface area (Å²) in [5.41, 5.74) is 4.66. The fraction of sp³-hybridized carbons (Fsp3) is 0.267. The SMILES string of the molecule is C[Si](C)(C)C#Cc1ccc(S(C)(=O)=O)c([C@@H]2NC(=O)C[C@@H](c3cccc(Cl)c3)[C@]23C(=O)Nc2cc(Cl)ccc23)c1. The number of hydrogen-bond donors (Lipinski definition) is 2. The first-order valence-electron chi connectivity index (χ1n) is 12.7. The number of halogens is 2. The lowest BCUT2D eigenvalue weighted by molar-refractivity contribution is -0.131. The molecule has 5 rings (SSSR count). The predicted octanol–water partition coefficient (Wildman–Crippen LogP) is 5.86. The maximum atomic E-state index is 14.3.